The normalized spacial score (nSPS) is 41.0. The van der Waals surface area contributed by atoms with Gasteiger partial charge in [0.2, 0.25) is 5.78 Å². The van der Waals surface area contributed by atoms with Crippen LogP contribution in [0.15, 0.2) is 23.8 Å². The second kappa shape index (κ2) is 10.6. The van der Waals surface area contributed by atoms with Crippen molar-refractivity contribution >= 4 is 23.7 Å². The van der Waals surface area contributed by atoms with E-state index in [1.54, 1.807) is 26.8 Å². The Balaban J connectivity index is 1.50. The lowest BCUT2D eigenvalue weighted by Gasteiger charge is -2.62. The molecule has 0 aromatic rings. The molecule has 226 valence electrons. The topological polar surface area (TPSA) is 116 Å². The van der Waals surface area contributed by atoms with Crippen LogP contribution < -0.4 is 0 Å². The number of allylic oxidation sites excluding steroid dienone is 4. The van der Waals surface area contributed by atoms with Crippen LogP contribution in [0, 0.1) is 34.5 Å². The third kappa shape index (κ3) is 4.48. The van der Waals surface area contributed by atoms with E-state index in [4.69, 9.17) is 14.2 Å². The maximum atomic E-state index is 17.6. The minimum Gasteiger partial charge on any atom is -0.457 e. The van der Waals surface area contributed by atoms with Crippen molar-refractivity contribution in [2.75, 3.05) is 13.2 Å². The van der Waals surface area contributed by atoms with Crippen LogP contribution in [0.5, 0.6) is 0 Å². The van der Waals surface area contributed by atoms with E-state index in [0.29, 0.717) is 31.3 Å². The molecule has 5 rings (SSSR count). The zero-order valence-electron chi connectivity index (χ0n) is 24.6. The van der Waals surface area contributed by atoms with Crippen LogP contribution in [-0.4, -0.2) is 59.4 Å². The van der Waals surface area contributed by atoms with Gasteiger partial charge in [-0.15, -0.1) is 0 Å². The van der Waals surface area contributed by atoms with E-state index in [1.165, 1.54) is 12.2 Å². The largest absolute Gasteiger partial charge is 0.509 e. The summed E-state index contributed by atoms with van der Waals surface area (Å²) in [5.41, 5.74) is -5.53. The monoisotopic (exact) mass is 574 g/mol. The van der Waals surface area contributed by atoms with Gasteiger partial charge in [0.05, 0.1) is 18.6 Å². The Morgan fingerprint density at radius 2 is 1.83 bits per heavy atom. The summed E-state index contributed by atoms with van der Waals surface area (Å²) in [4.78, 5) is 51.7. The fourth-order valence-electron chi connectivity index (χ4n) is 8.75. The number of unbranched alkanes of at least 4 members (excludes halogenated alkanes) is 2. The molecule has 0 aromatic carbocycles. The molecule has 1 N–H and O–H groups in total. The van der Waals surface area contributed by atoms with Gasteiger partial charge in [-0.2, -0.15) is 0 Å². The van der Waals surface area contributed by atoms with Crippen LogP contribution in [0.25, 0.3) is 0 Å². The smallest absolute Gasteiger partial charge is 0.457 e. The molecule has 0 unspecified atom stereocenters. The van der Waals surface area contributed by atoms with Crippen molar-refractivity contribution in [3.8, 4) is 0 Å². The number of carbonyl (C=O) groups excluding carboxylic acids is 4. The Morgan fingerprint density at radius 1 is 1.10 bits per heavy atom. The second-order valence-corrected chi connectivity index (χ2v) is 13.3. The maximum absolute atomic E-state index is 17.6. The summed E-state index contributed by atoms with van der Waals surface area (Å²) < 4.78 is 34.3. The number of ketones is 2. The van der Waals surface area contributed by atoms with Crippen LogP contribution in [0.3, 0.4) is 0 Å². The predicted octanol–water partition coefficient (Wildman–Crippen LogP) is 5.21. The standard InChI is InChI=1S/C32H43FO8/c1-5-6-7-14-39-28(38)41-32(26(36)18-40-27(37)20-8-9-20)19(2)15-24-23-11-10-21-16-22(34)12-13-29(21,3)31(23,33)25(35)17-30(24,32)4/h12-13,16,19-20,23-25,35H,5-11,14-15,17-18H2,1-4H3/t19-,23+,24+,25+,29+,30+,31+,32+/m1/s1. The van der Waals surface area contributed by atoms with Crippen molar-refractivity contribution in [2.45, 2.75) is 103 Å². The van der Waals surface area contributed by atoms with Gasteiger partial charge in [0.1, 0.15) is 0 Å². The maximum Gasteiger partial charge on any atom is 0.509 e. The zero-order valence-corrected chi connectivity index (χ0v) is 24.6. The predicted molar refractivity (Wildman–Crippen MR) is 146 cm³/mol. The van der Waals surface area contributed by atoms with Crippen molar-refractivity contribution in [1.29, 1.82) is 0 Å². The van der Waals surface area contributed by atoms with Gasteiger partial charge in [-0.3, -0.25) is 14.4 Å². The first-order valence-electron chi connectivity index (χ1n) is 15.2. The molecular formula is C32H43FO8. The average Bonchev–Trinajstić information content (AvgIpc) is 3.75. The number of hydrogen-bond acceptors (Lipinski definition) is 8. The highest BCUT2D eigenvalue weighted by Crippen LogP contribution is 2.71. The van der Waals surface area contributed by atoms with Gasteiger partial charge in [0.15, 0.2) is 23.7 Å². The minimum atomic E-state index is -2.09. The van der Waals surface area contributed by atoms with E-state index in [1.807, 2.05) is 6.92 Å². The third-order valence-electron chi connectivity index (χ3n) is 11.1. The van der Waals surface area contributed by atoms with Gasteiger partial charge >= 0.3 is 12.1 Å². The Hall–Kier alpha value is -2.55. The lowest BCUT2D eigenvalue weighted by molar-refractivity contribution is -0.222. The number of alkyl halides is 1. The molecule has 0 aromatic heterocycles. The highest BCUT2D eigenvalue weighted by atomic mass is 19.1. The number of hydrogen-bond donors (Lipinski definition) is 1. The Labute approximate surface area is 241 Å². The van der Waals surface area contributed by atoms with Gasteiger partial charge in [0, 0.05) is 22.7 Å². The number of rotatable bonds is 9. The van der Waals surface area contributed by atoms with E-state index >= 15 is 4.39 Å². The van der Waals surface area contributed by atoms with Gasteiger partial charge < -0.3 is 19.3 Å². The van der Waals surface area contributed by atoms with Gasteiger partial charge in [0.25, 0.3) is 0 Å². The van der Waals surface area contributed by atoms with Gasteiger partial charge in [-0.1, -0.05) is 45.3 Å². The molecule has 41 heavy (non-hydrogen) atoms. The van der Waals surface area contributed by atoms with Crippen molar-refractivity contribution in [2.24, 2.45) is 34.5 Å². The van der Waals surface area contributed by atoms with E-state index in [9.17, 15) is 24.3 Å². The van der Waals surface area contributed by atoms with Crippen LogP contribution in [-0.2, 0) is 28.6 Å². The molecule has 5 aliphatic rings. The minimum absolute atomic E-state index is 0.138. The first-order valence-corrected chi connectivity index (χ1v) is 15.2. The fraction of sp³-hybridized carbons (Fsp3) is 0.750. The quantitative estimate of drug-likeness (QED) is 0.295. The number of aliphatic hydroxyl groups is 1. The molecule has 8 nitrogen and oxygen atoms in total. The molecule has 0 bridgehead atoms. The molecule has 9 heteroatoms. The van der Waals surface area contributed by atoms with Gasteiger partial charge in [-0.05, 0) is 69.9 Å². The molecule has 0 heterocycles. The molecule has 0 saturated heterocycles. The summed E-state index contributed by atoms with van der Waals surface area (Å²) in [6.45, 7) is 6.93. The second-order valence-electron chi connectivity index (χ2n) is 13.3. The van der Waals surface area contributed by atoms with E-state index < -0.39 is 70.5 Å². The first kappa shape index (κ1) is 29.9. The number of carbonyl (C=O) groups is 4. The summed E-state index contributed by atoms with van der Waals surface area (Å²) in [5.74, 6) is -3.06. The molecule has 4 fully saturated rings. The SMILES string of the molecule is CCCCCOC(=O)O[C@]1(C(=O)COC(=O)C2CC2)[C@H](C)C[C@H]2[C@@H]3CCC4=CC(=O)C=C[C@]4(C)[C@@]3(F)[C@@H](O)C[C@@]21C. The number of aliphatic hydroxyl groups excluding tert-OH is 1. The number of ether oxygens (including phenoxy) is 3. The molecule has 0 spiro atoms. The lowest BCUT2D eigenvalue weighted by Crippen LogP contribution is -2.70. The Kier molecular flexibility index (Phi) is 7.75. The number of fused-ring (bicyclic) bond motifs is 5. The summed E-state index contributed by atoms with van der Waals surface area (Å²) >= 11 is 0. The van der Waals surface area contributed by atoms with E-state index in [0.717, 1.165) is 25.7 Å². The van der Waals surface area contributed by atoms with Crippen molar-refractivity contribution < 1.29 is 42.9 Å². The van der Waals surface area contributed by atoms with Crippen molar-refractivity contribution in [3.05, 3.63) is 23.8 Å². The molecule has 0 aliphatic heterocycles. The first-order chi connectivity index (χ1) is 19.3. The third-order valence-corrected chi connectivity index (χ3v) is 11.1. The number of esters is 1. The van der Waals surface area contributed by atoms with Crippen LogP contribution in [0.1, 0.15) is 85.5 Å². The molecule has 4 saturated carbocycles. The fourth-order valence-corrected chi connectivity index (χ4v) is 8.75. The van der Waals surface area contributed by atoms with E-state index in [-0.39, 0.29) is 24.7 Å². The van der Waals surface area contributed by atoms with Crippen molar-refractivity contribution in [1.82, 2.24) is 0 Å². The van der Waals surface area contributed by atoms with E-state index in [2.05, 4.69) is 0 Å². The molecular weight excluding hydrogens is 531 g/mol. The molecule has 0 amide bonds. The number of halogens is 1. The summed E-state index contributed by atoms with van der Waals surface area (Å²) in [5, 5.41) is 11.7. The Bertz CT molecular complexity index is 1170. The van der Waals surface area contributed by atoms with Crippen molar-refractivity contribution in [3.63, 3.8) is 0 Å². The summed E-state index contributed by atoms with van der Waals surface area (Å²) in [6, 6.07) is 0. The summed E-state index contributed by atoms with van der Waals surface area (Å²) in [6.07, 6.45) is 6.93. The van der Waals surface area contributed by atoms with Crippen LogP contribution in [0.4, 0.5) is 9.18 Å². The van der Waals surface area contributed by atoms with Crippen LogP contribution >= 0.6 is 0 Å². The molecule has 0 radical (unpaired) electrons. The molecule has 5 aliphatic carbocycles. The number of Topliss-reactive ketones (excluding diaryl/α,β-unsaturated/α-hetero) is 1. The highest BCUT2D eigenvalue weighted by Gasteiger charge is 2.77. The Morgan fingerprint density at radius 3 is 2.51 bits per heavy atom. The lowest BCUT2D eigenvalue weighted by atomic mass is 9.44. The average molecular weight is 575 g/mol. The summed E-state index contributed by atoms with van der Waals surface area (Å²) in [7, 11) is 0. The van der Waals surface area contributed by atoms with Crippen LogP contribution in [0.2, 0.25) is 0 Å². The van der Waals surface area contributed by atoms with Gasteiger partial charge in [-0.25, -0.2) is 9.18 Å². The zero-order chi connectivity index (χ0) is 29.8. The highest BCUT2D eigenvalue weighted by molar-refractivity contribution is 6.01. The molecule has 8 atom stereocenters.